The summed E-state index contributed by atoms with van der Waals surface area (Å²) in [7, 11) is 0. The van der Waals surface area contributed by atoms with Gasteiger partial charge in [-0.2, -0.15) is 0 Å². The molecule has 1 heterocycles. The predicted molar refractivity (Wildman–Crippen MR) is 110 cm³/mol. The Hall–Kier alpha value is -3.33. The van der Waals surface area contributed by atoms with Crippen molar-refractivity contribution in [2.75, 3.05) is 0 Å². The zero-order chi connectivity index (χ0) is 18.7. The van der Waals surface area contributed by atoms with E-state index in [1.165, 1.54) is 5.56 Å². The molecule has 1 unspecified atom stereocenters. The fraction of sp³-hybridized carbons (Fsp3) is 0.125. The van der Waals surface area contributed by atoms with Gasteiger partial charge in [0.1, 0.15) is 5.82 Å². The van der Waals surface area contributed by atoms with Gasteiger partial charge >= 0.3 is 0 Å². The molecule has 0 spiro atoms. The minimum Gasteiger partial charge on any atom is -0.213 e. The van der Waals surface area contributed by atoms with Crippen LogP contribution in [0.5, 0.6) is 0 Å². The number of aryl methyl sites for hydroxylation is 1. The van der Waals surface area contributed by atoms with Gasteiger partial charge < -0.3 is 0 Å². The van der Waals surface area contributed by atoms with Gasteiger partial charge in [0, 0.05) is 16.6 Å². The van der Waals surface area contributed by atoms with Gasteiger partial charge in [-0.1, -0.05) is 91.0 Å². The van der Waals surface area contributed by atoms with E-state index >= 15 is 0 Å². The molecule has 1 aromatic heterocycles. The molecule has 4 rings (SSSR count). The van der Waals surface area contributed by atoms with Crippen LogP contribution < -0.4 is 0 Å². The van der Waals surface area contributed by atoms with Crippen LogP contribution in [0.3, 0.4) is 0 Å². The van der Waals surface area contributed by atoms with Gasteiger partial charge in [-0.15, -0.1) is 0 Å². The molecule has 1 aliphatic rings. The van der Waals surface area contributed by atoms with E-state index in [4.69, 9.17) is 4.98 Å². The molecule has 0 amide bonds. The molecule has 0 aliphatic heterocycles. The zero-order valence-electron chi connectivity index (χ0n) is 15.5. The molecule has 1 aliphatic carbocycles. The summed E-state index contributed by atoms with van der Waals surface area (Å²) in [4.78, 5) is 13.8. The number of rotatable bonds is 3. The monoisotopic (exact) mass is 351 g/mol. The normalized spacial score (nSPS) is 18.8. The highest BCUT2D eigenvalue weighted by Gasteiger charge is 2.21. The van der Waals surface area contributed by atoms with Crippen molar-refractivity contribution in [3.05, 3.63) is 108 Å². The van der Waals surface area contributed by atoms with Crippen LogP contribution in [-0.2, 0) is 5.41 Å². The lowest BCUT2D eigenvalue weighted by molar-refractivity contribution is 0.759. The first kappa shape index (κ1) is 17.1. The molecule has 3 nitrogen and oxygen atoms in total. The van der Waals surface area contributed by atoms with E-state index in [0.29, 0.717) is 17.5 Å². The second-order valence-corrected chi connectivity index (χ2v) is 6.86. The van der Waals surface area contributed by atoms with E-state index in [9.17, 15) is 0 Å². The van der Waals surface area contributed by atoms with Gasteiger partial charge in [-0.05, 0) is 19.4 Å². The first-order valence-corrected chi connectivity index (χ1v) is 9.07. The van der Waals surface area contributed by atoms with Crippen LogP contribution >= 0.6 is 0 Å². The smallest absolute Gasteiger partial charge is 0.163 e. The number of allylic oxidation sites excluding steroid dienone is 6. The molecule has 0 fully saturated rings. The SMILES string of the molecule is Cc1nc(C2=CC=CC(C)(c3ccccc3)C=C2)nc(-c2ccccc2)n1. The molecule has 0 bridgehead atoms. The van der Waals surface area contributed by atoms with Crippen LogP contribution in [0.2, 0.25) is 0 Å². The predicted octanol–water partition coefficient (Wildman–Crippen LogP) is 5.31. The lowest BCUT2D eigenvalue weighted by Gasteiger charge is -2.22. The Morgan fingerprint density at radius 2 is 1.41 bits per heavy atom. The largest absolute Gasteiger partial charge is 0.213 e. The average molecular weight is 351 g/mol. The number of hydrogen-bond acceptors (Lipinski definition) is 3. The van der Waals surface area contributed by atoms with Crippen LogP contribution in [0.1, 0.15) is 24.1 Å². The van der Waals surface area contributed by atoms with Gasteiger partial charge in [0.05, 0.1) is 0 Å². The van der Waals surface area contributed by atoms with Crippen molar-refractivity contribution in [3.63, 3.8) is 0 Å². The number of benzene rings is 2. The summed E-state index contributed by atoms with van der Waals surface area (Å²) in [5.74, 6) is 2.11. The van der Waals surface area contributed by atoms with Crippen molar-refractivity contribution < 1.29 is 0 Å². The van der Waals surface area contributed by atoms with Crippen LogP contribution in [0.15, 0.2) is 91.0 Å². The van der Waals surface area contributed by atoms with E-state index < -0.39 is 0 Å². The van der Waals surface area contributed by atoms with Crippen molar-refractivity contribution >= 4 is 5.57 Å². The van der Waals surface area contributed by atoms with Gasteiger partial charge in [-0.3, -0.25) is 0 Å². The molecule has 132 valence electrons. The first-order chi connectivity index (χ1) is 13.1. The third-order valence-corrected chi connectivity index (χ3v) is 4.76. The summed E-state index contributed by atoms with van der Waals surface area (Å²) in [6, 6.07) is 20.5. The van der Waals surface area contributed by atoms with Crippen molar-refractivity contribution in [1.82, 2.24) is 15.0 Å². The van der Waals surface area contributed by atoms with Crippen LogP contribution in [0.4, 0.5) is 0 Å². The second-order valence-electron chi connectivity index (χ2n) is 6.86. The highest BCUT2D eigenvalue weighted by atomic mass is 15.0. The van der Waals surface area contributed by atoms with Gasteiger partial charge in [0.2, 0.25) is 0 Å². The summed E-state index contributed by atoms with van der Waals surface area (Å²) in [6.45, 7) is 4.11. The topological polar surface area (TPSA) is 38.7 Å². The molecule has 0 radical (unpaired) electrons. The molecular weight excluding hydrogens is 330 g/mol. The quantitative estimate of drug-likeness (QED) is 0.641. The molecule has 0 saturated heterocycles. The van der Waals surface area contributed by atoms with Crippen molar-refractivity contribution in [2.24, 2.45) is 0 Å². The summed E-state index contributed by atoms with van der Waals surface area (Å²) < 4.78 is 0. The minimum atomic E-state index is -0.163. The van der Waals surface area contributed by atoms with Crippen LogP contribution in [0.25, 0.3) is 17.0 Å². The zero-order valence-corrected chi connectivity index (χ0v) is 15.5. The lowest BCUT2D eigenvalue weighted by atomic mass is 9.82. The fourth-order valence-corrected chi connectivity index (χ4v) is 3.19. The third kappa shape index (κ3) is 3.63. The molecular formula is C24H21N3. The molecule has 0 N–H and O–H groups in total. The highest BCUT2D eigenvalue weighted by molar-refractivity contribution is 5.73. The molecule has 1 atom stereocenters. The van der Waals surface area contributed by atoms with E-state index in [1.54, 1.807) is 0 Å². The van der Waals surface area contributed by atoms with E-state index in [1.807, 2.05) is 43.3 Å². The van der Waals surface area contributed by atoms with E-state index in [0.717, 1.165) is 11.1 Å². The molecule has 27 heavy (non-hydrogen) atoms. The van der Waals surface area contributed by atoms with Crippen LogP contribution in [-0.4, -0.2) is 15.0 Å². The van der Waals surface area contributed by atoms with Gasteiger partial charge in [0.25, 0.3) is 0 Å². The standard InChI is InChI=1S/C24H21N3/c1-18-25-22(19-10-5-3-6-11-19)27-23(26-18)20-12-9-16-24(2,17-15-20)21-13-7-4-8-14-21/h3-17H,1-2H3. The summed E-state index contributed by atoms with van der Waals surface area (Å²) in [5.41, 5.74) is 3.06. The van der Waals surface area contributed by atoms with Crippen molar-refractivity contribution in [2.45, 2.75) is 19.3 Å². The first-order valence-electron chi connectivity index (χ1n) is 9.07. The van der Waals surface area contributed by atoms with Gasteiger partial charge in [0.15, 0.2) is 11.6 Å². The maximum absolute atomic E-state index is 4.71. The number of nitrogens with zero attached hydrogens (tertiary/aromatic N) is 3. The Kier molecular flexibility index (Phi) is 4.51. The lowest BCUT2D eigenvalue weighted by Crippen LogP contribution is -2.14. The maximum Gasteiger partial charge on any atom is 0.163 e. The molecule has 2 aromatic carbocycles. The fourth-order valence-electron chi connectivity index (χ4n) is 3.19. The second kappa shape index (κ2) is 7.12. The van der Waals surface area contributed by atoms with E-state index in [2.05, 4.69) is 71.5 Å². The van der Waals surface area contributed by atoms with E-state index in [-0.39, 0.29) is 5.41 Å². The molecule has 3 heteroatoms. The molecule has 0 saturated carbocycles. The summed E-state index contributed by atoms with van der Waals surface area (Å²) in [6.07, 6.45) is 10.7. The Morgan fingerprint density at radius 3 is 2.15 bits per heavy atom. The van der Waals surface area contributed by atoms with Crippen molar-refractivity contribution in [3.8, 4) is 11.4 Å². The Balaban J connectivity index is 1.71. The molecule has 3 aromatic rings. The van der Waals surface area contributed by atoms with Gasteiger partial charge in [-0.25, -0.2) is 15.0 Å². The van der Waals surface area contributed by atoms with Crippen LogP contribution in [0, 0.1) is 6.92 Å². The Labute approximate surface area is 159 Å². The van der Waals surface area contributed by atoms with Crippen molar-refractivity contribution in [1.29, 1.82) is 0 Å². The number of aromatic nitrogens is 3. The average Bonchev–Trinajstić information content (AvgIpc) is 2.92. The highest BCUT2D eigenvalue weighted by Crippen LogP contribution is 2.31. The maximum atomic E-state index is 4.71. The summed E-state index contributed by atoms with van der Waals surface area (Å²) >= 11 is 0. The Bertz CT molecular complexity index is 1030. The number of hydrogen-bond donors (Lipinski definition) is 0. The Morgan fingerprint density at radius 1 is 0.741 bits per heavy atom. The minimum absolute atomic E-state index is 0.163. The summed E-state index contributed by atoms with van der Waals surface area (Å²) in [5, 5.41) is 0. The third-order valence-electron chi connectivity index (χ3n) is 4.76.